The molecule has 1 amide bonds. The lowest BCUT2D eigenvalue weighted by atomic mass is 9.64. The van der Waals surface area contributed by atoms with Crippen molar-refractivity contribution in [2.24, 2.45) is 5.92 Å². The number of ether oxygens (including phenoxy) is 2. The van der Waals surface area contributed by atoms with E-state index >= 15 is 4.79 Å². The zero-order valence-electron chi connectivity index (χ0n) is 24.3. The van der Waals surface area contributed by atoms with Gasteiger partial charge in [-0.3, -0.25) is 24.5 Å². The van der Waals surface area contributed by atoms with Crippen molar-refractivity contribution in [3.63, 3.8) is 0 Å². The third-order valence-corrected chi connectivity index (χ3v) is 9.13. The van der Waals surface area contributed by atoms with E-state index in [1.807, 2.05) is 53.5 Å². The fraction of sp³-hybridized carbons (Fsp3) is 0.171. The molecule has 3 heterocycles. The number of hydrogen-bond donors (Lipinski definition) is 1. The molecule has 1 spiro atoms. The number of carbonyl (C=O) groups excluding carboxylic acids is 3. The van der Waals surface area contributed by atoms with E-state index in [0.717, 1.165) is 5.56 Å². The molecule has 10 nitrogen and oxygen atoms in total. The highest BCUT2D eigenvalue weighted by molar-refractivity contribution is 6.19. The summed E-state index contributed by atoms with van der Waals surface area (Å²) in [5.41, 5.74) is 1.33. The fourth-order valence-electron chi connectivity index (χ4n) is 7.21. The van der Waals surface area contributed by atoms with Crippen LogP contribution in [0.1, 0.15) is 31.8 Å². The van der Waals surface area contributed by atoms with Gasteiger partial charge in [0.2, 0.25) is 5.91 Å². The van der Waals surface area contributed by atoms with Crippen LogP contribution in [0.3, 0.4) is 0 Å². The monoisotopic (exact) mass is 601 g/mol. The normalized spacial score (nSPS) is 22.3. The SMILES string of the molecule is COc1ccc(OC)c(C(=O)[C@@H]2[C@H](C(=O)c3ccc([N+](=O)[O-])cc3)N3c4ccccc4C=C[C@@H]3[C@]23C(=O)Nc2ccccc23)c1. The van der Waals surface area contributed by atoms with E-state index in [2.05, 4.69) is 5.32 Å². The summed E-state index contributed by atoms with van der Waals surface area (Å²) in [5, 5.41) is 14.4. The van der Waals surface area contributed by atoms with Gasteiger partial charge >= 0.3 is 0 Å². The average molecular weight is 602 g/mol. The van der Waals surface area contributed by atoms with Crippen molar-refractivity contribution in [3.8, 4) is 11.5 Å². The van der Waals surface area contributed by atoms with E-state index in [4.69, 9.17) is 9.47 Å². The van der Waals surface area contributed by atoms with Gasteiger partial charge in [0.15, 0.2) is 11.6 Å². The van der Waals surface area contributed by atoms with E-state index < -0.39 is 45.8 Å². The highest BCUT2D eigenvalue weighted by Gasteiger charge is 2.70. The number of non-ortho nitro benzene ring substituents is 1. The Bertz CT molecular complexity index is 1940. The smallest absolute Gasteiger partial charge is 0.269 e. The second kappa shape index (κ2) is 10.4. The van der Waals surface area contributed by atoms with E-state index in [-0.39, 0.29) is 22.6 Å². The zero-order chi connectivity index (χ0) is 31.5. The highest BCUT2D eigenvalue weighted by atomic mass is 16.6. The number of fused-ring (bicyclic) bond motifs is 6. The molecule has 45 heavy (non-hydrogen) atoms. The fourth-order valence-corrected chi connectivity index (χ4v) is 7.21. The largest absolute Gasteiger partial charge is 0.497 e. The minimum atomic E-state index is -1.52. The number of methoxy groups -OCH3 is 2. The minimum absolute atomic E-state index is 0.164. The number of Topliss-reactive ketones (excluding diaryl/α,β-unsaturated/α-hetero) is 2. The van der Waals surface area contributed by atoms with Crippen LogP contribution in [0.25, 0.3) is 6.08 Å². The molecule has 10 heteroatoms. The maximum Gasteiger partial charge on any atom is 0.269 e. The Morgan fingerprint density at radius 2 is 1.64 bits per heavy atom. The molecule has 224 valence electrons. The zero-order valence-corrected chi connectivity index (χ0v) is 24.3. The molecule has 1 saturated heterocycles. The number of anilines is 2. The number of carbonyl (C=O) groups is 3. The summed E-state index contributed by atoms with van der Waals surface area (Å²) < 4.78 is 11.1. The predicted molar refractivity (Wildman–Crippen MR) is 167 cm³/mol. The van der Waals surface area contributed by atoms with Crippen molar-refractivity contribution >= 4 is 40.6 Å². The number of nitrogens with one attached hydrogen (secondary N) is 1. The Hall–Kier alpha value is -5.77. The van der Waals surface area contributed by atoms with Crippen LogP contribution >= 0.6 is 0 Å². The Kier molecular flexibility index (Phi) is 6.50. The summed E-state index contributed by atoms with van der Waals surface area (Å²) in [6.45, 7) is 0. The second-order valence-electron chi connectivity index (χ2n) is 11.2. The third kappa shape index (κ3) is 3.98. The number of ketones is 2. The number of rotatable bonds is 7. The van der Waals surface area contributed by atoms with Gasteiger partial charge in [-0.2, -0.15) is 0 Å². The van der Waals surface area contributed by atoms with E-state index in [0.29, 0.717) is 22.7 Å². The molecule has 0 radical (unpaired) electrons. The van der Waals surface area contributed by atoms with E-state index in [9.17, 15) is 19.7 Å². The molecule has 3 aliphatic heterocycles. The van der Waals surface area contributed by atoms with Gasteiger partial charge in [-0.1, -0.05) is 48.6 Å². The van der Waals surface area contributed by atoms with Gasteiger partial charge in [0, 0.05) is 29.1 Å². The highest BCUT2D eigenvalue weighted by Crippen LogP contribution is 2.58. The summed E-state index contributed by atoms with van der Waals surface area (Å²) in [6, 6.07) is 23.0. The van der Waals surface area contributed by atoms with Crippen molar-refractivity contribution in [1.82, 2.24) is 0 Å². The summed E-state index contributed by atoms with van der Waals surface area (Å²) in [7, 11) is 2.93. The number of nitrogens with zero attached hydrogens (tertiary/aromatic N) is 2. The molecular weight excluding hydrogens is 574 g/mol. The lowest BCUT2D eigenvalue weighted by molar-refractivity contribution is -0.384. The topological polar surface area (TPSA) is 128 Å². The lowest BCUT2D eigenvalue weighted by Crippen LogP contribution is -2.51. The van der Waals surface area contributed by atoms with E-state index in [1.165, 1.54) is 38.5 Å². The molecule has 0 unspecified atom stereocenters. The average Bonchev–Trinajstić information content (AvgIpc) is 3.55. The Labute approximate surface area is 258 Å². The third-order valence-electron chi connectivity index (χ3n) is 9.13. The van der Waals surface area contributed by atoms with Gasteiger partial charge in [0.05, 0.1) is 36.7 Å². The molecule has 3 aliphatic rings. The van der Waals surface area contributed by atoms with Gasteiger partial charge in [-0.15, -0.1) is 0 Å². The van der Waals surface area contributed by atoms with E-state index in [1.54, 1.807) is 30.3 Å². The number of nitro benzene ring substituents is 1. The quantitative estimate of drug-likeness (QED) is 0.168. The summed E-state index contributed by atoms with van der Waals surface area (Å²) in [4.78, 5) is 57.2. The van der Waals surface area contributed by atoms with Gasteiger partial charge in [0.25, 0.3) is 5.69 Å². The van der Waals surface area contributed by atoms with Gasteiger partial charge < -0.3 is 19.7 Å². The first-order chi connectivity index (χ1) is 21.8. The molecule has 7 rings (SSSR count). The number of benzene rings is 4. The summed E-state index contributed by atoms with van der Waals surface area (Å²) >= 11 is 0. The molecule has 1 N–H and O–H groups in total. The van der Waals surface area contributed by atoms with Gasteiger partial charge in [-0.25, -0.2) is 0 Å². The summed E-state index contributed by atoms with van der Waals surface area (Å²) in [5.74, 6) is -1.89. The van der Waals surface area contributed by atoms with Crippen molar-refractivity contribution in [2.75, 3.05) is 24.4 Å². The van der Waals surface area contributed by atoms with Crippen molar-refractivity contribution in [1.29, 1.82) is 0 Å². The Morgan fingerprint density at radius 1 is 0.911 bits per heavy atom. The molecule has 1 fully saturated rings. The predicted octanol–water partition coefficient (Wildman–Crippen LogP) is 5.47. The Balaban J connectivity index is 1.53. The van der Waals surface area contributed by atoms with Gasteiger partial charge in [-0.05, 0) is 53.6 Å². The van der Waals surface area contributed by atoms with Crippen molar-refractivity contribution < 1.29 is 28.8 Å². The molecule has 4 atom stereocenters. The minimum Gasteiger partial charge on any atom is -0.497 e. The number of nitro groups is 1. The van der Waals surface area contributed by atoms with Crippen LogP contribution in [0.2, 0.25) is 0 Å². The molecule has 0 saturated carbocycles. The van der Waals surface area contributed by atoms with Crippen LogP contribution < -0.4 is 19.7 Å². The van der Waals surface area contributed by atoms with Crippen LogP contribution in [-0.2, 0) is 10.2 Å². The molecule has 0 aromatic heterocycles. The number of hydrogen-bond acceptors (Lipinski definition) is 8. The molecule has 0 bridgehead atoms. The first-order valence-corrected chi connectivity index (χ1v) is 14.3. The van der Waals surface area contributed by atoms with Crippen LogP contribution in [-0.4, -0.2) is 48.7 Å². The van der Waals surface area contributed by atoms with Crippen molar-refractivity contribution in [3.05, 3.63) is 129 Å². The second-order valence-corrected chi connectivity index (χ2v) is 11.2. The van der Waals surface area contributed by atoms with Crippen LogP contribution in [0.15, 0.2) is 97.1 Å². The standard InChI is InChI=1S/C35H27N3O7/c1-44-23-16-17-28(45-2)24(19-23)33(40)30-31(32(39)21-11-14-22(15-12-21)38(42)43)37-27-10-6-3-7-20(27)13-18-29(37)35(30)25-8-4-5-9-26(25)36-34(35)41/h3-19,29-31H,1-2H3,(H,36,41)/t29-,30+,31-,35+/m1/s1. The maximum absolute atomic E-state index is 15.1. The molecular formula is C35H27N3O7. The Morgan fingerprint density at radius 3 is 2.38 bits per heavy atom. The molecule has 0 aliphatic carbocycles. The van der Waals surface area contributed by atoms with Crippen molar-refractivity contribution in [2.45, 2.75) is 17.5 Å². The molecule has 4 aromatic rings. The first-order valence-electron chi connectivity index (χ1n) is 14.3. The lowest BCUT2D eigenvalue weighted by Gasteiger charge is -2.37. The number of amides is 1. The maximum atomic E-state index is 15.1. The summed E-state index contributed by atoms with van der Waals surface area (Å²) in [6.07, 6.45) is 3.80. The van der Waals surface area contributed by atoms with Crippen LogP contribution in [0.4, 0.5) is 17.1 Å². The molecule has 4 aromatic carbocycles. The van der Waals surface area contributed by atoms with Crippen LogP contribution in [0.5, 0.6) is 11.5 Å². The number of para-hydroxylation sites is 2. The van der Waals surface area contributed by atoms with Gasteiger partial charge in [0.1, 0.15) is 23.0 Å². The van der Waals surface area contributed by atoms with Crippen LogP contribution in [0, 0.1) is 16.0 Å². The first kappa shape index (κ1) is 28.0.